The third-order valence-corrected chi connectivity index (χ3v) is 11.0. The van der Waals surface area contributed by atoms with Gasteiger partial charge in [0.2, 0.25) is 0 Å². The van der Waals surface area contributed by atoms with Crippen molar-refractivity contribution in [1.29, 1.82) is 0 Å². The molecule has 60 heavy (non-hydrogen) atoms. The Morgan fingerprint density at radius 1 is 0.167 bits per heavy atom. The Labute approximate surface area is 351 Å². The van der Waals surface area contributed by atoms with Crippen LogP contribution in [0.15, 0.2) is 237 Å². The predicted octanol–water partition coefficient (Wildman–Crippen LogP) is 14.9. The van der Waals surface area contributed by atoms with E-state index in [0.717, 1.165) is 83.5 Å². The van der Waals surface area contributed by atoms with Crippen LogP contribution in [-0.2, 0) is 0 Å². The van der Waals surface area contributed by atoms with Crippen LogP contribution in [0.4, 0.5) is 0 Å². The average molecular weight is 766 g/mol. The van der Waals surface area contributed by atoms with E-state index in [-0.39, 0.29) is 0 Å². The zero-order chi connectivity index (χ0) is 40.1. The molecule has 0 radical (unpaired) electrons. The molecule has 3 heteroatoms. The minimum Gasteiger partial charge on any atom is -0.208 e. The van der Waals surface area contributed by atoms with Crippen molar-refractivity contribution in [3.05, 3.63) is 237 Å². The highest BCUT2D eigenvalue weighted by Crippen LogP contribution is 2.43. The molecule has 0 saturated carbocycles. The Morgan fingerprint density at radius 2 is 0.450 bits per heavy atom. The first kappa shape index (κ1) is 36.3. The van der Waals surface area contributed by atoms with Gasteiger partial charge >= 0.3 is 0 Å². The SMILES string of the molecule is c1ccc(-c2ccc(-c3ccccc3-c3ccccc3)c(-c3nc(-c4ccccc4)nc(-c4cc(-c5ccccc5)ccc4-c4ccccc4-c4ccccc4)n3)c2)cc1. The third-order valence-electron chi connectivity index (χ3n) is 11.0. The van der Waals surface area contributed by atoms with Crippen molar-refractivity contribution in [2.24, 2.45) is 0 Å². The number of hydrogen-bond acceptors (Lipinski definition) is 3. The molecule has 10 rings (SSSR count). The minimum atomic E-state index is 0.599. The van der Waals surface area contributed by atoms with Crippen LogP contribution in [0.3, 0.4) is 0 Å². The summed E-state index contributed by atoms with van der Waals surface area (Å²) in [7, 11) is 0. The molecule has 0 amide bonds. The molecule has 0 aliphatic heterocycles. The molecule has 3 nitrogen and oxygen atoms in total. The monoisotopic (exact) mass is 765 g/mol. The van der Waals surface area contributed by atoms with E-state index in [9.17, 15) is 0 Å². The van der Waals surface area contributed by atoms with E-state index >= 15 is 0 Å². The molecule has 0 aliphatic carbocycles. The van der Waals surface area contributed by atoms with Crippen LogP contribution in [-0.4, -0.2) is 15.0 Å². The quantitative estimate of drug-likeness (QED) is 0.147. The van der Waals surface area contributed by atoms with Crippen LogP contribution < -0.4 is 0 Å². The summed E-state index contributed by atoms with van der Waals surface area (Å²) in [6, 6.07) is 83.0. The predicted molar refractivity (Wildman–Crippen MR) is 249 cm³/mol. The first-order valence-electron chi connectivity index (χ1n) is 20.3. The van der Waals surface area contributed by atoms with Crippen LogP contribution in [0.25, 0.3) is 101 Å². The highest BCUT2D eigenvalue weighted by molar-refractivity contribution is 5.95. The Bertz CT molecular complexity index is 2870. The lowest BCUT2D eigenvalue weighted by Gasteiger charge is -2.18. The molecule has 0 spiro atoms. The van der Waals surface area contributed by atoms with Gasteiger partial charge in [-0.25, -0.2) is 15.0 Å². The van der Waals surface area contributed by atoms with Crippen molar-refractivity contribution in [1.82, 2.24) is 15.0 Å². The average Bonchev–Trinajstić information content (AvgIpc) is 3.35. The highest BCUT2D eigenvalue weighted by atomic mass is 15.0. The zero-order valence-electron chi connectivity index (χ0n) is 32.9. The lowest BCUT2D eigenvalue weighted by atomic mass is 9.89. The molecule has 10 aromatic rings. The van der Waals surface area contributed by atoms with Gasteiger partial charge in [0.15, 0.2) is 17.5 Å². The van der Waals surface area contributed by atoms with Gasteiger partial charge in [-0.1, -0.05) is 224 Å². The fourth-order valence-electron chi connectivity index (χ4n) is 8.06. The number of rotatable bonds is 9. The van der Waals surface area contributed by atoms with Gasteiger partial charge in [-0.2, -0.15) is 0 Å². The smallest absolute Gasteiger partial charge is 0.164 e. The molecular weight excluding hydrogens is 727 g/mol. The van der Waals surface area contributed by atoms with E-state index in [4.69, 9.17) is 15.0 Å². The van der Waals surface area contributed by atoms with Gasteiger partial charge in [-0.3, -0.25) is 0 Å². The Morgan fingerprint density at radius 3 is 0.833 bits per heavy atom. The molecule has 0 bridgehead atoms. The molecule has 1 heterocycles. The molecule has 282 valence electrons. The van der Waals surface area contributed by atoms with Crippen molar-refractivity contribution in [3.8, 4) is 101 Å². The molecule has 0 saturated heterocycles. The van der Waals surface area contributed by atoms with Crippen LogP contribution in [0.1, 0.15) is 0 Å². The second-order valence-corrected chi connectivity index (χ2v) is 14.7. The standard InChI is InChI=1S/C57H39N3/c1-6-20-40(21-7-1)45-34-36-51(49-32-18-16-30-47(49)42-24-10-3-11-25-42)53(38-45)56-58-55(44-28-14-5-15-29-44)59-57(60-56)54-39-46(41-22-8-2-9-23-41)35-37-52(54)50-33-19-17-31-48(50)43-26-12-4-13-27-43/h1-39H. The molecular formula is C57H39N3. The lowest BCUT2D eigenvalue weighted by molar-refractivity contribution is 1.07. The highest BCUT2D eigenvalue weighted by Gasteiger charge is 2.22. The van der Waals surface area contributed by atoms with E-state index in [1.54, 1.807) is 0 Å². The van der Waals surface area contributed by atoms with E-state index in [2.05, 4.69) is 218 Å². The number of nitrogens with zero attached hydrogens (tertiary/aromatic N) is 3. The van der Waals surface area contributed by atoms with E-state index in [1.165, 1.54) is 0 Å². The summed E-state index contributed by atoms with van der Waals surface area (Å²) < 4.78 is 0. The topological polar surface area (TPSA) is 38.7 Å². The van der Waals surface area contributed by atoms with Crippen LogP contribution in [0.5, 0.6) is 0 Å². The van der Waals surface area contributed by atoms with Gasteiger partial charge in [-0.05, 0) is 78.9 Å². The number of aromatic nitrogens is 3. The first-order valence-corrected chi connectivity index (χ1v) is 20.3. The first-order chi connectivity index (χ1) is 29.8. The fourth-order valence-corrected chi connectivity index (χ4v) is 8.06. The number of benzene rings is 9. The largest absolute Gasteiger partial charge is 0.208 e. The van der Waals surface area contributed by atoms with Crippen LogP contribution >= 0.6 is 0 Å². The van der Waals surface area contributed by atoms with E-state index in [1.807, 2.05) is 18.2 Å². The van der Waals surface area contributed by atoms with Crippen molar-refractivity contribution in [2.75, 3.05) is 0 Å². The summed E-state index contributed by atoms with van der Waals surface area (Å²) in [6.07, 6.45) is 0. The van der Waals surface area contributed by atoms with Gasteiger partial charge in [0.25, 0.3) is 0 Å². The maximum absolute atomic E-state index is 5.52. The summed E-state index contributed by atoms with van der Waals surface area (Å²) in [5.74, 6) is 1.80. The van der Waals surface area contributed by atoms with Crippen molar-refractivity contribution in [3.63, 3.8) is 0 Å². The van der Waals surface area contributed by atoms with Crippen molar-refractivity contribution in [2.45, 2.75) is 0 Å². The Balaban J connectivity index is 1.26. The van der Waals surface area contributed by atoms with Gasteiger partial charge in [0.05, 0.1) is 0 Å². The number of hydrogen-bond donors (Lipinski definition) is 0. The molecule has 0 fully saturated rings. The van der Waals surface area contributed by atoms with Crippen molar-refractivity contribution < 1.29 is 0 Å². The molecule has 0 unspecified atom stereocenters. The normalized spacial score (nSPS) is 11.0. The second-order valence-electron chi connectivity index (χ2n) is 14.7. The molecule has 9 aromatic carbocycles. The van der Waals surface area contributed by atoms with E-state index < -0.39 is 0 Å². The van der Waals surface area contributed by atoms with Gasteiger partial charge in [0.1, 0.15) is 0 Å². The molecule has 0 aliphatic rings. The van der Waals surface area contributed by atoms with Gasteiger partial charge in [-0.15, -0.1) is 0 Å². The van der Waals surface area contributed by atoms with Gasteiger partial charge < -0.3 is 0 Å². The second kappa shape index (κ2) is 16.5. The Hall–Kier alpha value is -8.01. The van der Waals surface area contributed by atoms with Gasteiger partial charge in [0, 0.05) is 16.7 Å². The summed E-state index contributed by atoms with van der Waals surface area (Å²) in [5.41, 5.74) is 16.0. The minimum absolute atomic E-state index is 0.599. The summed E-state index contributed by atoms with van der Waals surface area (Å²) in [6.45, 7) is 0. The fraction of sp³-hybridized carbons (Fsp3) is 0. The maximum Gasteiger partial charge on any atom is 0.164 e. The molecule has 1 aromatic heterocycles. The summed E-state index contributed by atoms with van der Waals surface area (Å²) in [5, 5.41) is 0. The molecule has 0 N–H and O–H groups in total. The summed E-state index contributed by atoms with van der Waals surface area (Å²) in [4.78, 5) is 16.2. The summed E-state index contributed by atoms with van der Waals surface area (Å²) >= 11 is 0. The lowest BCUT2D eigenvalue weighted by Crippen LogP contribution is -2.03. The Kier molecular flexibility index (Phi) is 9.97. The van der Waals surface area contributed by atoms with E-state index in [0.29, 0.717) is 17.5 Å². The molecule has 0 atom stereocenters. The van der Waals surface area contributed by atoms with Crippen LogP contribution in [0, 0.1) is 0 Å². The van der Waals surface area contributed by atoms with Crippen molar-refractivity contribution >= 4 is 0 Å². The third kappa shape index (κ3) is 7.32. The maximum atomic E-state index is 5.52. The zero-order valence-corrected chi connectivity index (χ0v) is 32.9. The van der Waals surface area contributed by atoms with Crippen LogP contribution in [0.2, 0.25) is 0 Å².